The summed E-state index contributed by atoms with van der Waals surface area (Å²) in [7, 11) is 1.70. The fraction of sp³-hybridized carbons (Fsp3) is 0.704. The fourth-order valence-corrected chi connectivity index (χ4v) is 6.05. The van der Waals surface area contributed by atoms with Crippen LogP contribution in [0.2, 0.25) is 0 Å². The predicted octanol–water partition coefficient (Wildman–Crippen LogP) is 5.96. The number of benzene rings is 1. The molecule has 0 radical (unpaired) electrons. The van der Waals surface area contributed by atoms with Gasteiger partial charge < -0.3 is 9.64 Å². The van der Waals surface area contributed by atoms with Crippen molar-refractivity contribution in [1.29, 1.82) is 0 Å². The Kier molecular flexibility index (Phi) is 9.31. The summed E-state index contributed by atoms with van der Waals surface area (Å²) in [4.78, 5) is 5.23. The van der Waals surface area contributed by atoms with Gasteiger partial charge in [0.1, 0.15) is 6.61 Å². The number of methoxy groups -OCH3 is 1. The molecule has 1 saturated carbocycles. The summed E-state index contributed by atoms with van der Waals surface area (Å²) in [6, 6.07) is 6.94. The highest BCUT2D eigenvalue weighted by molar-refractivity contribution is 5.85. The van der Waals surface area contributed by atoms with Crippen molar-refractivity contribution in [3.05, 3.63) is 29.3 Å². The van der Waals surface area contributed by atoms with Crippen LogP contribution in [0.15, 0.2) is 18.2 Å². The molecule has 0 spiro atoms. The van der Waals surface area contributed by atoms with Crippen LogP contribution in [0, 0.1) is 22.7 Å². The molecule has 0 bridgehead atoms. The fourth-order valence-electron chi connectivity index (χ4n) is 6.05. The van der Waals surface area contributed by atoms with Crippen LogP contribution in [-0.2, 0) is 4.74 Å². The molecule has 0 atom stereocenters. The molecule has 1 aromatic rings. The number of hydrogen-bond donors (Lipinski definition) is 0. The summed E-state index contributed by atoms with van der Waals surface area (Å²) >= 11 is 0. The molecule has 0 N–H and O–H groups in total. The van der Waals surface area contributed by atoms with Crippen LogP contribution >= 0.6 is 12.4 Å². The SMILES string of the molecule is CCCN1CCN(c2ccc(C#CCOC)cc2C2CC(C)(C)CC(C)(C)C2)CC1.Cl. The highest BCUT2D eigenvalue weighted by Gasteiger charge is 2.40. The number of nitrogens with zero attached hydrogens (tertiary/aromatic N) is 2. The maximum atomic E-state index is 5.13. The van der Waals surface area contributed by atoms with Crippen LogP contribution in [0.5, 0.6) is 0 Å². The highest BCUT2D eigenvalue weighted by Crippen LogP contribution is 2.53. The topological polar surface area (TPSA) is 15.7 Å². The summed E-state index contributed by atoms with van der Waals surface area (Å²) in [5.41, 5.74) is 4.84. The Labute approximate surface area is 197 Å². The molecule has 1 aliphatic heterocycles. The molecule has 2 aliphatic rings. The van der Waals surface area contributed by atoms with Crippen LogP contribution in [-0.4, -0.2) is 51.3 Å². The Balaban J connectivity index is 0.00000341. The van der Waals surface area contributed by atoms with Gasteiger partial charge in [-0.2, -0.15) is 0 Å². The first-order valence-corrected chi connectivity index (χ1v) is 11.8. The third-order valence-electron chi connectivity index (χ3n) is 6.72. The summed E-state index contributed by atoms with van der Waals surface area (Å²) in [5.74, 6) is 7.05. The maximum absolute atomic E-state index is 5.13. The van der Waals surface area contributed by atoms with Gasteiger partial charge in [-0.15, -0.1) is 12.4 Å². The Bertz CT molecular complexity index is 753. The Morgan fingerprint density at radius 1 is 1.03 bits per heavy atom. The molecular formula is C27H43ClN2O. The second kappa shape index (κ2) is 11.1. The maximum Gasteiger partial charge on any atom is 0.107 e. The lowest BCUT2D eigenvalue weighted by molar-refractivity contribution is 0.0970. The zero-order valence-electron chi connectivity index (χ0n) is 20.6. The van der Waals surface area contributed by atoms with Gasteiger partial charge in [0.25, 0.3) is 0 Å². The first-order valence-electron chi connectivity index (χ1n) is 11.8. The first-order chi connectivity index (χ1) is 14.2. The van der Waals surface area contributed by atoms with E-state index in [1.165, 1.54) is 56.6 Å². The van der Waals surface area contributed by atoms with Crippen molar-refractivity contribution in [3.63, 3.8) is 0 Å². The second-order valence-electron chi connectivity index (χ2n) is 10.9. The number of rotatable bonds is 5. The molecule has 0 unspecified atom stereocenters. The second-order valence-corrected chi connectivity index (χ2v) is 10.9. The van der Waals surface area contributed by atoms with Crippen LogP contribution in [0.4, 0.5) is 5.69 Å². The van der Waals surface area contributed by atoms with Gasteiger partial charge in [-0.05, 0) is 72.7 Å². The molecule has 3 rings (SSSR count). The molecule has 0 amide bonds. The van der Waals surface area contributed by atoms with Gasteiger partial charge in [0.05, 0.1) is 0 Å². The summed E-state index contributed by atoms with van der Waals surface area (Å²) in [6.45, 7) is 18.4. The lowest BCUT2D eigenvalue weighted by atomic mass is 9.60. The van der Waals surface area contributed by atoms with E-state index in [9.17, 15) is 0 Å². The van der Waals surface area contributed by atoms with Gasteiger partial charge in [-0.3, -0.25) is 4.90 Å². The van der Waals surface area contributed by atoms with Crippen molar-refractivity contribution in [1.82, 2.24) is 4.90 Å². The summed E-state index contributed by atoms with van der Waals surface area (Å²) < 4.78 is 5.13. The van der Waals surface area contributed by atoms with Crippen molar-refractivity contribution < 1.29 is 4.74 Å². The largest absolute Gasteiger partial charge is 0.372 e. The quantitative estimate of drug-likeness (QED) is 0.519. The Hall–Kier alpha value is -1.21. The van der Waals surface area contributed by atoms with Gasteiger partial charge in [0, 0.05) is 44.5 Å². The van der Waals surface area contributed by atoms with Gasteiger partial charge in [0.15, 0.2) is 0 Å². The molecule has 174 valence electrons. The number of anilines is 1. The molecule has 4 heteroatoms. The number of ether oxygens (including phenoxy) is 1. The average molecular weight is 447 g/mol. The van der Waals surface area contributed by atoms with E-state index in [1.54, 1.807) is 7.11 Å². The lowest BCUT2D eigenvalue weighted by Crippen LogP contribution is -2.47. The summed E-state index contributed by atoms with van der Waals surface area (Å²) in [6.07, 6.45) is 5.06. The molecule has 0 aromatic heterocycles. The van der Waals surface area contributed by atoms with Crippen molar-refractivity contribution in [3.8, 4) is 11.8 Å². The molecule has 2 fully saturated rings. The van der Waals surface area contributed by atoms with E-state index < -0.39 is 0 Å². The van der Waals surface area contributed by atoms with Crippen LogP contribution in [0.1, 0.15) is 77.3 Å². The van der Waals surface area contributed by atoms with Crippen LogP contribution < -0.4 is 4.90 Å². The van der Waals surface area contributed by atoms with E-state index in [1.807, 2.05) is 0 Å². The Morgan fingerprint density at radius 3 is 2.26 bits per heavy atom. The number of piperazine rings is 1. The van der Waals surface area contributed by atoms with Crippen molar-refractivity contribution >= 4 is 18.1 Å². The molecule has 31 heavy (non-hydrogen) atoms. The molecule has 1 aliphatic carbocycles. The smallest absolute Gasteiger partial charge is 0.107 e. The van der Waals surface area contributed by atoms with E-state index >= 15 is 0 Å². The van der Waals surface area contributed by atoms with E-state index in [0.717, 1.165) is 18.7 Å². The Morgan fingerprint density at radius 2 is 1.68 bits per heavy atom. The minimum atomic E-state index is 0. The van der Waals surface area contributed by atoms with Gasteiger partial charge in [-0.25, -0.2) is 0 Å². The highest BCUT2D eigenvalue weighted by atomic mass is 35.5. The van der Waals surface area contributed by atoms with E-state index in [0.29, 0.717) is 23.4 Å². The zero-order valence-corrected chi connectivity index (χ0v) is 21.4. The lowest BCUT2D eigenvalue weighted by Gasteiger charge is -2.46. The average Bonchev–Trinajstić information content (AvgIpc) is 2.67. The van der Waals surface area contributed by atoms with E-state index in [2.05, 4.69) is 74.5 Å². The van der Waals surface area contributed by atoms with Crippen molar-refractivity contribution in [2.24, 2.45) is 10.8 Å². The van der Waals surface area contributed by atoms with E-state index in [-0.39, 0.29) is 12.4 Å². The standard InChI is InChI=1S/C27H42N2O.ClH/c1-7-12-28-13-15-29(16-14-28)25-11-10-22(9-8-17-30-6)18-24(25)23-19-26(2,3)21-27(4,5)20-23;/h10-11,18,23H,7,12-17,19-21H2,1-6H3;1H. The predicted molar refractivity (Wildman–Crippen MR) is 136 cm³/mol. The third kappa shape index (κ3) is 7.14. The molecule has 1 saturated heterocycles. The monoisotopic (exact) mass is 446 g/mol. The summed E-state index contributed by atoms with van der Waals surface area (Å²) in [5, 5.41) is 0. The van der Waals surface area contributed by atoms with Crippen LogP contribution in [0.25, 0.3) is 0 Å². The molecule has 1 heterocycles. The van der Waals surface area contributed by atoms with E-state index in [4.69, 9.17) is 4.74 Å². The minimum absolute atomic E-state index is 0. The van der Waals surface area contributed by atoms with Crippen molar-refractivity contribution in [2.45, 2.75) is 66.2 Å². The van der Waals surface area contributed by atoms with Gasteiger partial charge in [0.2, 0.25) is 0 Å². The first kappa shape index (κ1) is 26.0. The normalized spacial score (nSPS) is 21.2. The molecule has 1 aromatic carbocycles. The third-order valence-corrected chi connectivity index (χ3v) is 6.72. The van der Waals surface area contributed by atoms with Crippen molar-refractivity contribution in [2.75, 3.05) is 51.3 Å². The number of halogens is 1. The molecule has 3 nitrogen and oxygen atoms in total. The minimum Gasteiger partial charge on any atom is -0.372 e. The van der Waals surface area contributed by atoms with Crippen LogP contribution in [0.3, 0.4) is 0 Å². The van der Waals surface area contributed by atoms with Gasteiger partial charge >= 0.3 is 0 Å². The molecular weight excluding hydrogens is 404 g/mol. The van der Waals surface area contributed by atoms with Gasteiger partial charge in [-0.1, -0.05) is 46.5 Å². The zero-order chi connectivity index (χ0) is 21.8. The number of hydrogen-bond acceptors (Lipinski definition) is 3.